The summed E-state index contributed by atoms with van der Waals surface area (Å²) in [5.74, 6) is 2.04. The Labute approximate surface area is 149 Å². The predicted molar refractivity (Wildman–Crippen MR) is 98.2 cm³/mol. The van der Waals surface area contributed by atoms with Gasteiger partial charge in [0.05, 0.1) is 6.20 Å². The number of ether oxygens (including phenoxy) is 1. The van der Waals surface area contributed by atoms with E-state index >= 15 is 0 Å². The van der Waals surface area contributed by atoms with Crippen LogP contribution in [-0.4, -0.2) is 50.5 Å². The van der Waals surface area contributed by atoms with Gasteiger partial charge in [-0.1, -0.05) is 18.2 Å². The molecule has 0 bridgehead atoms. The number of rotatable bonds is 6. The molecule has 1 fully saturated rings. The summed E-state index contributed by atoms with van der Waals surface area (Å²) in [7, 11) is 0. The first-order chi connectivity index (χ1) is 12.1. The number of aryl methyl sites for hydroxylation is 2. The number of quaternary nitrogens is 1. The number of aromatic nitrogens is 1. The quantitative estimate of drug-likeness (QED) is 0.791. The van der Waals surface area contributed by atoms with Crippen molar-refractivity contribution in [3.05, 3.63) is 53.7 Å². The highest BCUT2D eigenvalue weighted by atomic mass is 16.5. The minimum absolute atomic E-state index is 0.351. The topological polar surface area (TPSA) is 51.3 Å². The fourth-order valence-corrected chi connectivity index (χ4v) is 3.29. The lowest BCUT2D eigenvalue weighted by Gasteiger charge is -2.29. The second kappa shape index (κ2) is 8.32. The van der Waals surface area contributed by atoms with E-state index in [4.69, 9.17) is 4.74 Å². The Morgan fingerprint density at radius 1 is 1.20 bits per heavy atom. The number of H-pyrrole nitrogens is 1. The van der Waals surface area contributed by atoms with Crippen LogP contribution in [0.4, 0.5) is 5.82 Å². The summed E-state index contributed by atoms with van der Waals surface area (Å²) in [5.41, 5.74) is 2.28. The molecule has 1 atom stereocenters. The maximum atomic E-state index is 10.3. The number of nitrogens with zero attached hydrogens (tertiary/aromatic N) is 1. The summed E-state index contributed by atoms with van der Waals surface area (Å²) in [6, 6.07) is 12.3. The lowest BCUT2D eigenvalue weighted by Crippen LogP contribution is -3.16. The third-order valence-corrected chi connectivity index (χ3v) is 4.80. The van der Waals surface area contributed by atoms with Crippen LogP contribution in [-0.2, 0) is 0 Å². The van der Waals surface area contributed by atoms with Gasteiger partial charge in [-0.3, -0.25) is 4.90 Å². The summed E-state index contributed by atoms with van der Waals surface area (Å²) >= 11 is 0. The average Bonchev–Trinajstić information content (AvgIpc) is 2.64. The van der Waals surface area contributed by atoms with Gasteiger partial charge in [0.25, 0.3) is 5.82 Å². The number of pyridine rings is 1. The van der Waals surface area contributed by atoms with Gasteiger partial charge >= 0.3 is 0 Å². The zero-order valence-corrected chi connectivity index (χ0v) is 15.2. The molecule has 0 radical (unpaired) electrons. The Morgan fingerprint density at radius 2 is 2.00 bits per heavy atom. The number of piperazine rings is 1. The van der Waals surface area contributed by atoms with Crippen molar-refractivity contribution in [3.63, 3.8) is 0 Å². The fourth-order valence-electron chi connectivity index (χ4n) is 3.29. The van der Waals surface area contributed by atoms with Crippen molar-refractivity contribution in [2.75, 3.05) is 44.2 Å². The number of aliphatic hydroxyl groups excluding tert-OH is 1. The number of aromatic amines is 1. The second-order valence-corrected chi connectivity index (χ2v) is 6.92. The molecule has 25 heavy (non-hydrogen) atoms. The lowest BCUT2D eigenvalue weighted by molar-refractivity contribution is -0.903. The van der Waals surface area contributed by atoms with Crippen LogP contribution in [0.5, 0.6) is 5.75 Å². The summed E-state index contributed by atoms with van der Waals surface area (Å²) in [4.78, 5) is 7.09. The number of benzene rings is 1. The van der Waals surface area contributed by atoms with Crippen molar-refractivity contribution < 1.29 is 19.7 Å². The minimum Gasteiger partial charge on any atom is -0.490 e. The summed E-state index contributed by atoms with van der Waals surface area (Å²) in [6.07, 6.45) is 1.52. The van der Waals surface area contributed by atoms with Crippen LogP contribution in [0.2, 0.25) is 0 Å². The molecule has 0 unspecified atom stereocenters. The van der Waals surface area contributed by atoms with Crippen molar-refractivity contribution in [3.8, 4) is 5.75 Å². The highest BCUT2D eigenvalue weighted by Crippen LogP contribution is 2.19. The summed E-state index contributed by atoms with van der Waals surface area (Å²) < 4.78 is 5.83. The van der Waals surface area contributed by atoms with E-state index in [1.54, 1.807) is 0 Å². The third kappa shape index (κ3) is 4.94. The molecular formula is C20H29N3O2+2. The molecule has 1 aromatic carbocycles. The summed E-state index contributed by atoms with van der Waals surface area (Å²) in [5, 5.41) is 10.3. The monoisotopic (exact) mass is 343 g/mol. The van der Waals surface area contributed by atoms with Gasteiger partial charge in [-0.05, 0) is 37.1 Å². The Bertz CT molecular complexity index is 670. The van der Waals surface area contributed by atoms with Gasteiger partial charge < -0.3 is 14.7 Å². The average molecular weight is 343 g/mol. The standard InChI is InChI=1S/C20H27N3O2/c1-16-6-7-17(2)19(13-16)25-15-18(24)14-22-9-11-23(12-10-22)20-5-3-4-8-21-20/h3-8,13,18,24H,9-12,14-15H2,1-2H3/p+2/t18-/m1/s1. The molecule has 1 aromatic heterocycles. The van der Waals surface area contributed by atoms with Crippen molar-refractivity contribution in [2.24, 2.45) is 0 Å². The zero-order valence-electron chi connectivity index (χ0n) is 15.2. The second-order valence-electron chi connectivity index (χ2n) is 6.92. The molecule has 1 saturated heterocycles. The molecule has 134 valence electrons. The van der Waals surface area contributed by atoms with Gasteiger partial charge in [0, 0.05) is 6.07 Å². The number of hydrogen-bond donors (Lipinski definition) is 2. The first kappa shape index (κ1) is 17.7. The van der Waals surface area contributed by atoms with Gasteiger partial charge in [0.15, 0.2) is 0 Å². The van der Waals surface area contributed by atoms with Crippen LogP contribution in [0.1, 0.15) is 11.1 Å². The molecule has 0 amide bonds. The molecule has 5 nitrogen and oxygen atoms in total. The molecule has 0 aliphatic carbocycles. The van der Waals surface area contributed by atoms with E-state index in [1.807, 2.05) is 25.3 Å². The van der Waals surface area contributed by atoms with E-state index in [2.05, 4.69) is 41.1 Å². The van der Waals surface area contributed by atoms with E-state index < -0.39 is 6.10 Å². The SMILES string of the molecule is Cc1ccc(C)c(OC[C@H](O)C[NH+]2CCN(c3cccc[nH+]3)CC2)c1. The van der Waals surface area contributed by atoms with Crippen LogP contribution in [0.3, 0.4) is 0 Å². The minimum atomic E-state index is -0.440. The first-order valence-corrected chi connectivity index (χ1v) is 9.05. The van der Waals surface area contributed by atoms with Crippen molar-refractivity contribution in [2.45, 2.75) is 20.0 Å². The number of aliphatic hydroxyl groups is 1. The molecule has 2 heterocycles. The van der Waals surface area contributed by atoms with Crippen LogP contribution in [0, 0.1) is 13.8 Å². The van der Waals surface area contributed by atoms with E-state index in [-0.39, 0.29) is 0 Å². The Kier molecular flexibility index (Phi) is 5.89. The van der Waals surface area contributed by atoms with Crippen molar-refractivity contribution in [1.29, 1.82) is 0 Å². The fraction of sp³-hybridized carbons (Fsp3) is 0.450. The van der Waals surface area contributed by atoms with Gasteiger partial charge in [-0.15, -0.1) is 0 Å². The van der Waals surface area contributed by atoms with Gasteiger partial charge in [0.2, 0.25) is 0 Å². The zero-order chi connectivity index (χ0) is 17.6. The van der Waals surface area contributed by atoms with E-state index in [9.17, 15) is 5.11 Å². The van der Waals surface area contributed by atoms with Crippen LogP contribution in [0.25, 0.3) is 0 Å². The molecule has 1 aliphatic heterocycles. The van der Waals surface area contributed by atoms with E-state index in [1.165, 1.54) is 16.3 Å². The molecule has 2 aromatic rings. The molecule has 5 heteroatoms. The lowest BCUT2D eigenvalue weighted by atomic mass is 10.1. The van der Waals surface area contributed by atoms with Crippen LogP contribution >= 0.6 is 0 Å². The first-order valence-electron chi connectivity index (χ1n) is 9.05. The van der Waals surface area contributed by atoms with E-state index in [0.717, 1.165) is 44.0 Å². The molecule has 1 aliphatic rings. The molecular weight excluding hydrogens is 314 g/mol. The predicted octanol–water partition coefficient (Wildman–Crippen LogP) is 0.262. The third-order valence-electron chi connectivity index (χ3n) is 4.80. The molecule has 3 N–H and O–H groups in total. The van der Waals surface area contributed by atoms with Crippen molar-refractivity contribution >= 4 is 5.82 Å². The van der Waals surface area contributed by atoms with Crippen molar-refractivity contribution in [1.82, 2.24) is 0 Å². The van der Waals surface area contributed by atoms with E-state index in [0.29, 0.717) is 6.61 Å². The number of hydrogen-bond acceptors (Lipinski definition) is 3. The maximum absolute atomic E-state index is 10.3. The smallest absolute Gasteiger partial charge is 0.274 e. The molecule has 0 spiro atoms. The van der Waals surface area contributed by atoms with Gasteiger partial charge in [-0.2, -0.15) is 0 Å². The molecule has 0 saturated carbocycles. The Morgan fingerprint density at radius 3 is 2.72 bits per heavy atom. The molecule has 3 rings (SSSR count). The van der Waals surface area contributed by atoms with Crippen LogP contribution in [0.15, 0.2) is 42.6 Å². The van der Waals surface area contributed by atoms with Gasteiger partial charge in [0.1, 0.15) is 51.2 Å². The largest absolute Gasteiger partial charge is 0.490 e. The normalized spacial score (nSPS) is 16.7. The number of nitrogens with one attached hydrogen (secondary N) is 2. The highest BCUT2D eigenvalue weighted by Gasteiger charge is 2.27. The van der Waals surface area contributed by atoms with Gasteiger partial charge in [-0.25, -0.2) is 4.98 Å². The highest BCUT2D eigenvalue weighted by molar-refractivity contribution is 5.36. The Balaban J connectivity index is 1.43. The summed E-state index contributed by atoms with van der Waals surface area (Å²) in [6.45, 7) is 9.23. The van der Waals surface area contributed by atoms with Crippen LogP contribution < -0.4 is 19.5 Å². The Hall–Kier alpha value is -2.11. The maximum Gasteiger partial charge on any atom is 0.274 e. The number of anilines is 1.